The summed E-state index contributed by atoms with van der Waals surface area (Å²) in [6.45, 7) is 6.49. The molecule has 0 bridgehead atoms. The quantitative estimate of drug-likeness (QED) is 0.368. The van der Waals surface area contributed by atoms with E-state index in [2.05, 4.69) is 5.32 Å². The van der Waals surface area contributed by atoms with Crippen LogP contribution in [0.2, 0.25) is 10.0 Å². The summed E-state index contributed by atoms with van der Waals surface area (Å²) in [5.41, 5.74) is 2.17. The van der Waals surface area contributed by atoms with E-state index in [-0.39, 0.29) is 37.7 Å². The minimum absolute atomic E-state index is 0.0700. The van der Waals surface area contributed by atoms with Gasteiger partial charge >= 0.3 is 0 Å². The van der Waals surface area contributed by atoms with Crippen LogP contribution in [0.25, 0.3) is 0 Å². The molecule has 1 N–H and O–H groups in total. The highest BCUT2D eigenvalue weighted by Gasteiger charge is 2.29. The minimum atomic E-state index is -3.54. The molecule has 1 unspecified atom stereocenters. The van der Waals surface area contributed by atoms with E-state index < -0.39 is 16.1 Å². The number of carbonyl (C=O) groups excluding carboxylic acids is 2. The lowest BCUT2D eigenvalue weighted by Gasteiger charge is -2.31. The number of anilines is 1. The molecule has 2 rings (SSSR count). The van der Waals surface area contributed by atoms with Crippen molar-refractivity contribution in [3.05, 3.63) is 63.6 Å². The molecule has 7 nitrogen and oxygen atoms in total. The molecular formula is C26H35Cl2N3O4S. The number of benzene rings is 2. The predicted molar refractivity (Wildman–Crippen MR) is 147 cm³/mol. The van der Waals surface area contributed by atoms with Crippen LogP contribution in [0.4, 0.5) is 5.69 Å². The Morgan fingerprint density at radius 3 is 2.39 bits per heavy atom. The van der Waals surface area contributed by atoms with Crippen LogP contribution in [0.5, 0.6) is 0 Å². The van der Waals surface area contributed by atoms with E-state index in [9.17, 15) is 18.0 Å². The molecule has 0 spiro atoms. The largest absolute Gasteiger partial charge is 0.354 e. The smallest absolute Gasteiger partial charge is 0.242 e. The normalized spacial score (nSPS) is 12.2. The summed E-state index contributed by atoms with van der Waals surface area (Å²) in [5.74, 6) is -0.479. The molecule has 36 heavy (non-hydrogen) atoms. The number of hydrogen-bond donors (Lipinski definition) is 1. The number of hydrogen-bond acceptors (Lipinski definition) is 4. The van der Waals surface area contributed by atoms with Crippen molar-refractivity contribution in [3.8, 4) is 0 Å². The molecule has 0 radical (unpaired) electrons. The summed E-state index contributed by atoms with van der Waals surface area (Å²) in [6, 6.07) is 11.6. The van der Waals surface area contributed by atoms with Gasteiger partial charge in [-0.05, 0) is 61.6 Å². The number of nitrogens with zero attached hydrogens (tertiary/aromatic N) is 2. The van der Waals surface area contributed by atoms with Gasteiger partial charge in [-0.2, -0.15) is 0 Å². The van der Waals surface area contributed by atoms with Gasteiger partial charge < -0.3 is 10.2 Å². The van der Waals surface area contributed by atoms with E-state index in [1.807, 2.05) is 26.8 Å². The number of nitrogens with one attached hydrogen (secondary N) is 1. The number of halogens is 2. The van der Waals surface area contributed by atoms with Gasteiger partial charge in [0.05, 0.1) is 11.9 Å². The highest BCUT2D eigenvalue weighted by molar-refractivity contribution is 7.92. The Kier molecular flexibility index (Phi) is 11.5. The second-order valence-electron chi connectivity index (χ2n) is 8.75. The zero-order chi connectivity index (χ0) is 26.9. The first-order valence-corrected chi connectivity index (χ1v) is 14.6. The van der Waals surface area contributed by atoms with Crippen LogP contribution < -0.4 is 9.62 Å². The predicted octanol–water partition coefficient (Wildman–Crippen LogP) is 5.18. The molecule has 1 atom stereocenters. The van der Waals surface area contributed by atoms with Crippen molar-refractivity contribution in [1.29, 1.82) is 0 Å². The summed E-state index contributed by atoms with van der Waals surface area (Å²) in [6.07, 6.45) is 2.71. The maximum Gasteiger partial charge on any atom is 0.242 e. The Bertz CT molecular complexity index is 1160. The summed E-state index contributed by atoms with van der Waals surface area (Å²) in [5, 5.41) is 3.76. The lowest BCUT2D eigenvalue weighted by molar-refractivity contribution is -0.141. The molecule has 10 heteroatoms. The molecule has 0 heterocycles. The Hall–Kier alpha value is -2.29. The number of aryl methyl sites for hydroxylation is 1. The first kappa shape index (κ1) is 29.9. The van der Waals surface area contributed by atoms with E-state index in [0.29, 0.717) is 34.3 Å². The number of sulfonamides is 1. The Labute approximate surface area is 224 Å². The lowest BCUT2D eigenvalue weighted by atomic mass is 10.1. The first-order chi connectivity index (χ1) is 17.0. The van der Waals surface area contributed by atoms with Crippen LogP contribution >= 0.6 is 23.2 Å². The molecule has 0 aliphatic rings. The molecule has 2 amide bonds. The maximum atomic E-state index is 13.4. The van der Waals surface area contributed by atoms with Crippen molar-refractivity contribution < 1.29 is 18.0 Å². The van der Waals surface area contributed by atoms with E-state index >= 15 is 0 Å². The fraction of sp³-hybridized carbons (Fsp3) is 0.462. The van der Waals surface area contributed by atoms with Crippen molar-refractivity contribution >= 4 is 50.7 Å². The Morgan fingerprint density at radius 1 is 1.08 bits per heavy atom. The maximum absolute atomic E-state index is 13.4. The topological polar surface area (TPSA) is 86.8 Å². The van der Waals surface area contributed by atoms with E-state index in [1.165, 1.54) is 9.21 Å². The molecule has 2 aromatic carbocycles. The van der Waals surface area contributed by atoms with Crippen LogP contribution in [0, 0.1) is 6.92 Å². The number of rotatable bonds is 13. The third-order valence-electron chi connectivity index (χ3n) is 5.73. The third-order valence-corrected chi connectivity index (χ3v) is 7.51. The lowest BCUT2D eigenvalue weighted by Crippen LogP contribution is -2.49. The Morgan fingerprint density at radius 2 is 1.81 bits per heavy atom. The van der Waals surface area contributed by atoms with Crippen LogP contribution in [-0.4, -0.2) is 50.5 Å². The van der Waals surface area contributed by atoms with Gasteiger partial charge in [-0.15, -0.1) is 0 Å². The van der Waals surface area contributed by atoms with Gasteiger partial charge in [-0.3, -0.25) is 13.9 Å². The summed E-state index contributed by atoms with van der Waals surface area (Å²) >= 11 is 12.4. The van der Waals surface area contributed by atoms with E-state index in [1.54, 1.807) is 36.4 Å². The highest BCUT2D eigenvalue weighted by atomic mass is 35.5. The summed E-state index contributed by atoms with van der Waals surface area (Å²) in [7, 11) is -3.54. The second kappa shape index (κ2) is 13.9. The zero-order valence-corrected chi connectivity index (χ0v) is 23.6. The summed E-state index contributed by atoms with van der Waals surface area (Å²) in [4.78, 5) is 27.9. The fourth-order valence-electron chi connectivity index (χ4n) is 3.91. The third kappa shape index (κ3) is 8.68. The van der Waals surface area contributed by atoms with Crippen molar-refractivity contribution in [1.82, 2.24) is 10.2 Å². The molecule has 2 aromatic rings. The molecule has 198 valence electrons. The molecule has 0 saturated carbocycles. The van der Waals surface area contributed by atoms with Gasteiger partial charge in [-0.25, -0.2) is 8.42 Å². The SMILES string of the molecule is CCCNC(=O)C(CC)N(Cc1ccc(Cl)cc1Cl)C(=O)CCCN(c1cccc(C)c1)S(C)(=O)=O. The van der Waals surface area contributed by atoms with Crippen LogP contribution in [-0.2, 0) is 26.2 Å². The molecule has 0 aliphatic heterocycles. The average Bonchev–Trinajstić information content (AvgIpc) is 2.80. The standard InChI is InChI=1S/C26H35Cl2N3O4S/c1-5-14-29-26(33)24(6-2)30(18-20-12-13-21(27)17-23(20)28)25(32)11-8-15-31(36(4,34)35)22-10-7-9-19(3)16-22/h7,9-10,12-13,16-17,24H,5-6,8,11,14-15,18H2,1-4H3,(H,29,33). The van der Waals surface area contributed by atoms with Gasteiger partial charge in [0.1, 0.15) is 6.04 Å². The fourth-order valence-corrected chi connectivity index (χ4v) is 5.33. The van der Waals surface area contributed by atoms with Gasteiger partial charge in [0, 0.05) is 36.1 Å². The Balaban J connectivity index is 2.24. The van der Waals surface area contributed by atoms with Crippen molar-refractivity contribution in [2.24, 2.45) is 0 Å². The van der Waals surface area contributed by atoms with Crippen LogP contribution in [0.1, 0.15) is 50.7 Å². The number of carbonyl (C=O) groups is 2. The van der Waals surface area contributed by atoms with E-state index in [4.69, 9.17) is 23.2 Å². The molecular weight excluding hydrogens is 521 g/mol. The minimum Gasteiger partial charge on any atom is -0.354 e. The first-order valence-electron chi connectivity index (χ1n) is 12.0. The van der Waals surface area contributed by atoms with Gasteiger partial charge in [0.2, 0.25) is 21.8 Å². The van der Waals surface area contributed by atoms with Crippen LogP contribution in [0.3, 0.4) is 0 Å². The van der Waals surface area contributed by atoms with Crippen molar-refractivity contribution in [2.75, 3.05) is 23.7 Å². The van der Waals surface area contributed by atoms with Crippen molar-refractivity contribution in [2.45, 2.75) is 59.0 Å². The van der Waals surface area contributed by atoms with E-state index in [0.717, 1.165) is 18.2 Å². The molecule has 0 aliphatic carbocycles. The van der Waals surface area contributed by atoms with Gasteiger partial charge in [0.15, 0.2) is 0 Å². The highest BCUT2D eigenvalue weighted by Crippen LogP contribution is 2.25. The number of amides is 2. The second-order valence-corrected chi connectivity index (χ2v) is 11.5. The molecule has 0 aromatic heterocycles. The van der Waals surface area contributed by atoms with Crippen molar-refractivity contribution in [3.63, 3.8) is 0 Å². The average molecular weight is 557 g/mol. The summed E-state index contributed by atoms with van der Waals surface area (Å²) < 4.78 is 26.2. The van der Waals surface area contributed by atoms with Gasteiger partial charge in [0.25, 0.3) is 0 Å². The molecule has 0 saturated heterocycles. The zero-order valence-electron chi connectivity index (χ0n) is 21.3. The monoisotopic (exact) mass is 555 g/mol. The van der Waals surface area contributed by atoms with Gasteiger partial charge in [-0.1, -0.05) is 55.2 Å². The molecule has 0 fully saturated rings. The van der Waals surface area contributed by atoms with Crippen LogP contribution in [0.15, 0.2) is 42.5 Å².